The summed E-state index contributed by atoms with van der Waals surface area (Å²) in [6, 6.07) is 11.9. The van der Waals surface area contributed by atoms with Gasteiger partial charge in [0.15, 0.2) is 0 Å². The van der Waals surface area contributed by atoms with Crippen LogP contribution in [0.4, 0.5) is 0 Å². The number of aliphatic hydroxyl groups is 1. The zero-order valence-electron chi connectivity index (χ0n) is 15.0. The number of benzene rings is 1. The Morgan fingerprint density at radius 2 is 1.96 bits per heavy atom. The maximum absolute atomic E-state index is 11.5. The van der Waals surface area contributed by atoms with Crippen molar-refractivity contribution < 1.29 is 9.84 Å². The van der Waals surface area contributed by atoms with Gasteiger partial charge in [0.25, 0.3) is 0 Å². The normalized spacial score (nSPS) is 27.0. The second kappa shape index (κ2) is 7.55. The molecule has 1 aromatic heterocycles. The van der Waals surface area contributed by atoms with Gasteiger partial charge < -0.3 is 15.6 Å². The van der Waals surface area contributed by atoms with Gasteiger partial charge in [0.2, 0.25) is 5.88 Å². The Morgan fingerprint density at radius 1 is 1.12 bits per heavy atom. The van der Waals surface area contributed by atoms with Gasteiger partial charge in [-0.15, -0.1) is 12.4 Å². The number of pyridine rings is 1. The lowest BCUT2D eigenvalue weighted by molar-refractivity contribution is -0.0862. The van der Waals surface area contributed by atoms with Crippen LogP contribution in [0.2, 0.25) is 0 Å². The van der Waals surface area contributed by atoms with E-state index >= 15 is 0 Å². The van der Waals surface area contributed by atoms with Gasteiger partial charge in [0.1, 0.15) is 5.75 Å². The smallest absolute Gasteiger partial charge is 0.219 e. The summed E-state index contributed by atoms with van der Waals surface area (Å²) in [7, 11) is 0. The highest BCUT2D eigenvalue weighted by molar-refractivity contribution is 5.85. The Balaban J connectivity index is 0.00000196. The molecule has 1 heterocycles. The summed E-state index contributed by atoms with van der Waals surface area (Å²) in [6.45, 7) is 0.590. The van der Waals surface area contributed by atoms with Crippen molar-refractivity contribution in [3.05, 3.63) is 53.7 Å². The number of hydrogen-bond donors (Lipinski definition) is 2. The first-order valence-corrected chi connectivity index (χ1v) is 9.32. The number of aryl methyl sites for hydroxylation is 1. The van der Waals surface area contributed by atoms with Gasteiger partial charge in [0, 0.05) is 17.7 Å². The third kappa shape index (κ3) is 3.11. The van der Waals surface area contributed by atoms with E-state index in [-0.39, 0.29) is 17.8 Å². The van der Waals surface area contributed by atoms with Gasteiger partial charge in [-0.25, -0.2) is 4.98 Å². The van der Waals surface area contributed by atoms with Crippen molar-refractivity contribution in [1.29, 1.82) is 0 Å². The number of aromatic nitrogens is 1. The van der Waals surface area contributed by atoms with Gasteiger partial charge in [-0.2, -0.15) is 0 Å². The molecule has 0 spiro atoms. The van der Waals surface area contributed by atoms with Crippen molar-refractivity contribution in [1.82, 2.24) is 4.98 Å². The second-order valence-corrected chi connectivity index (χ2v) is 7.45. The summed E-state index contributed by atoms with van der Waals surface area (Å²) in [5.74, 6) is 1.37. The number of halogens is 1. The van der Waals surface area contributed by atoms with Crippen LogP contribution in [0.5, 0.6) is 11.6 Å². The Hall–Kier alpha value is -1.62. The third-order valence-corrected chi connectivity index (χ3v) is 6.17. The summed E-state index contributed by atoms with van der Waals surface area (Å²) < 4.78 is 5.96. The van der Waals surface area contributed by atoms with E-state index in [1.54, 1.807) is 6.20 Å². The van der Waals surface area contributed by atoms with E-state index in [4.69, 9.17) is 10.5 Å². The molecule has 4 rings (SSSR count). The van der Waals surface area contributed by atoms with Crippen LogP contribution in [0, 0.1) is 0 Å². The lowest BCUT2D eigenvalue weighted by Crippen LogP contribution is -2.57. The Labute approximate surface area is 161 Å². The van der Waals surface area contributed by atoms with Crippen molar-refractivity contribution in [2.45, 2.75) is 56.0 Å². The molecule has 2 unspecified atom stereocenters. The zero-order chi connectivity index (χ0) is 17.3. The van der Waals surface area contributed by atoms with Crippen molar-refractivity contribution >= 4 is 12.4 Å². The Morgan fingerprint density at radius 3 is 2.73 bits per heavy atom. The van der Waals surface area contributed by atoms with Crippen LogP contribution in [0.1, 0.15) is 49.7 Å². The fraction of sp³-hybridized carbons (Fsp3) is 0.476. The zero-order valence-corrected chi connectivity index (χ0v) is 15.8. The molecular formula is C21H27ClN2O2. The SMILES string of the molecule is Cl.NCCC12CCCCC1(O)CCc1ccc(Oc3ccccn3)cc12. The summed E-state index contributed by atoms with van der Waals surface area (Å²) in [5.41, 5.74) is 7.67. The Kier molecular flexibility index (Phi) is 5.56. The molecule has 1 saturated carbocycles. The minimum absolute atomic E-state index is 0. The van der Waals surface area contributed by atoms with Crippen molar-refractivity contribution in [3.63, 3.8) is 0 Å². The molecule has 2 atom stereocenters. The average molecular weight is 375 g/mol. The number of nitrogens with zero attached hydrogens (tertiary/aromatic N) is 1. The highest BCUT2D eigenvalue weighted by Gasteiger charge is 2.54. The molecule has 2 aliphatic carbocycles. The van der Waals surface area contributed by atoms with Crippen molar-refractivity contribution in [2.24, 2.45) is 5.73 Å². The van der Waals surface area contributed by atoms with Crippen LogP contribution in [0.25, 0.3) is 0 Å². The summed E-state index contributed by atoms with van der Waals surface area (Å²) >= 11 is 0. The standard InChI is InChI=1S/C21H26N2O2.ClH/c22-13-12-20-9-2-3-10-21(20,24)11-8-16-6-7-17(15-18(16)20)25-19-5-1-4-14-23-19;/h1,4-7,14-15,24H,2-3,8-13,22H2;1H. The predicted octanol–water partition coefficient (Wildman–Crippen LogP) is 4.13. The van der Waals surface area contributed by atoms with E-state index in [0.717, 1.165) is 50.7 Å². The van der Waals surface area contributed by atoms with Gasteiger partial charge in [-0.1, -0.05) is 25.0 Å². The number of nitrogens with two attached hydrogens (primary N) is 1. The molecule has 1 fully saturated rings. The second-order valence-electron chi connectivity index (χ2n) is 7.45. The number of ether oxygens (including phenoxy) is 1. The predicted molar refractivity (Wildman–Crippen MR) is 105 cm³/mol. The van der Waals surface area contributed by atoms with Gasteiger partial charge in [-0.05, 0) is 68.0 Å². The van der Waals surface area contributed by atoms with Crippen LogP contribution in [-0.2, 0) is 11.8 Å². The minimum atomic E-state index is -0.638. The molecule has 3 N–H and O–H groups in total. The quantitative estimate of drug-likeness (QED) is 0.844. The number of fused-ring (bicyclic) bond motifs is 3. The number of rotatable bonds is 4. The first kappa shape index (κ1) is 19.2. The van der Waals surface area contributed by atoms with Crippen LogP contribution < -0.4 is 10.5 Å². The van der Waals surface area contributed by atoms with Crippen LogP contribution in [0.15, 0.2) is 42.6 Å². The highest BCUT2D eigenvalue weighted by Crippen LogP contribution is 2.55. The molecule has 140 valence electrons. The first-order chi connectivity index (χ1) is 12.2. The van der Waals surface area contributed by atoms with E-state index in [0.29, 0.717) is 12.4 Å². The maximum Gasteiger partial charge on any atom is 0.219 e. The van der Waals surface area contributed by atoms with Gasteiger partial charge in [-0.3, -0.25) is 0 Å². The fourth-order valence-electron chi connectivity index (χ4n) is 4.96. The van der Waals surface area contributed by atoms with Crippen molar-refractivity contribution in [2.75, 3.05) is 6.54 Å². The third-order valence-electron chi connectivity index (χ3n) is 6.17. The lowest BCUT2D eigenvalue weighted by Gasteiger charge is -2.54. The van der Waals surface area contributed by atoms with Gasteiger partial charge >= 0.3 is 0 Å². The summed E-state index contributed by atoms with van der Waals surface area (Å²) in [4.78, 5) is 4.24. The molecule has 1 aromatic carbocycles. The Bertz CT molecular complexity index is 751. The molecule has 0 amide bonds. The summed E-state index contributed by atoms with van der Waals surface area (Å²) in [5, 5.41) is 11.5. The van der Waals surface area contributed by atoms with Crippen molar-refractivity contribution in [3.8, 4) is 11.6 Å². The fourth-order valence-corrected chi connectivity index (χ4v) is 4.96. The van der Waals surface area contributed by atoms with Crippen LogP contribution in [0.3, 0.4) is 0 Å². The molecule has 2 aliphatic rings. The van der Waals surface area contributed by atoms with Crippen LogP contribution >= 0.6 is 12.4 Å². The molecule has 0 bridgehead atoms. The molecule has 5 heteroatoms. The molecule has 0 aliphatic heterocycles. The number of hydrogen-bond acceptors (Lipinski definition) is 4. The first-order valence-electron chi connectivity index (χ1n) is 9.32. The topological polar surface area (TPSA) is 68.4 Å². The van der Waals surface area contributed by atoms with E-state index in [2.05, 4.69) is 17.1 Å². The van der Waals surface area contributed by atoms with E-state index in [9.17, 15) is 5.11 Å². The monoisotopic (exact) mass is 374 g/mol. The molecule has 26 heavy (non-hydrogen) atoms. The molecule has 0 saturated heterocycles. The van der Waals surface area contributed by atoms with E-state index in [1.807, 2.05) is 24.3 Å². The average Bonchev–Trinajstić information content (AvgIpc) is 2.63. The molecule has 0 radical (unpaired) electrons. The minimum Gasteiger partial charge on any atom is -0.439 e. The van der Waals surface area contributed by atoms with E-state index < -0.39 is 5.60 Å². The van der Waals surface area contributed by atoms with E-state index in [1.165, 1.54) is 11.1 Å². The molecular weight excluding hydrogens is 348 g/mol. The molecule has 2 aromatic rings. The lowest BCUT2D eigenvalue weighted by atomic mass is 9.53. The van der Waals surface area contributed by atoms with Gasteiger partial charge in [0.05, 0.1) is 5.60 Å². The summed E-state index contributed by atoms with van der Waals surface area (Å²) in [6.07, 6.45) is 8.42. The molecule has 4 nitrogen and oxygen atoms in total. The van der Waals surface area contributed by atoms with Crippen LogP contribution in [-0.4, -0.2) is 22.2 Å². The largest absolute Gasteiger partial charge is 0.439 e. The highest BCUT2D eigenvalue weighted by atomic mass is 35.5. The maximum atomic E-state index is 11.5.